The minimum atomic E-state index is -0.245. The van der Waals surface area contributed by atoms with Gasteiger partial charge in [-0.05, 0) is 20.8 Å². The lowest BCUT2D eigenvalue weighted by Crippen LogP contribution is -2.42. The van der Waals surface area contributed by atoms with E-state index in [4.69, 9.17) is 10.5 Å². The normalized spacial score (nSPS) is 12.5. The SMILES string of the molecule is COC(C)(C)C(C)N.COC(C)=O. The Bertz CT molecular complexity index is 144. The van der Waals surface area contributed by atoms with Crippen LogP contribution in [0.3, 0.4) is 0 Å². The zero-order valence-corrected chi connectivity index (χ0v) is 9.38. The zero-order valence-electron chi connectivity index (χ0n) is 9.38. The van der Waals surface area contributed by atoms with Crippen LogP contribution in [0, 0.1) is 0 Å². The van der Waals surface area contributed by atoms with Crippen molar-refractivity contribution >= 4 is 5.97 Å². The molecule has 0 aromatic rings. The maximum Gasteiger partial charge on any atom is 0.302 e. The summed E-state index contributed by atoms with van der Waals surface area (Å²) >= 11 is 0. The summed E-state index contributed by atoms with van der Waals surface area (Å²) < 4.78 is 9.19. The Hall–Kier alpha value is -0.610. The number of esters is 1. The molecule has 4 nitrogen and oxygen atoms in total. The fourth-order valence-corrected chi connectivity index (χ4v) is 0.186. The van der Waals surface area contributed by atoms with Crippen molar-refractivity contribution < 1.29 is 14.3 Å². The van der Waals surface area contributed by atoms with Gasteiger partial charge in [0.2, 0.25) is 0 Å². The smallest absolute Gasteiger partial charge is 0.302 e. The maximum atomic E-state index is 9.59. The molecule has 1 unspecified atom stereocenters. The Morgan fingerprint density at radius 3 is 1.69 bits per heavy atom. The van der Waals surface area contributed by atoms with E-state index in [1.807, 2.05) is 20.8 Å². The monoisotopic (exact) mass is 191 g/mol. The molecular weight excluding hydrogens is 170 g/mol. The van der Waals surface area contributed by atoms with Gasteiger partial charge >= 0.3 is 5.97 Å². The van der Waals surface area contributed by atoms with Crippen LogP contribution in [0.5, 0.6) is 0 Å². The highest BCUT2D eigenvalue weighted by Crippen LogP contribution is 2.09. The predicted octanol–water partition coefficient (Wildman–Crippen LogP) is 0.938. The number of hydrogen-bond donors (Lipinski definition) is 1. The van der Waals surface area contributed by atoms with E-state index in [0.29, 0.717) is 0 Å². The molecule has 0 bridgehead atoms. The van der Waals surface area contributed by atoms with Crippen molar-refractivity contribution in [1.29, 1.82) is 0 Å². The topological polar surface area (TPSA) is 61.6 Å². The van der Waals surface area contributed by atoms with Crippen molar-refractivity contribution in [1.82, 2.24) is 0 Å². The number of carbonyl (C=O) groups excluding carboxylic acids is 1. The van der Waals surface area contributed by atoms with Crippen LogP contribution in [0.1, 0.15) is 27.7 Å². The predicted molar refractivity (Wildman–Crippen MR) is 52.4 cm³/mol. The molecule has 13 heavy (non-hydrogen) atoms. The molecule has 0 spiro atoms. The molecule has 0 aromatic heterocycles. The van der Waals surface area contributed by atoms with Crippen molar-refractivity contribution in [3.05, 3.63) is 0 Å². The van der Waals surface area contributed by atoms with Gasteiger partial charge < -0.3 is 15.2 Å². The first kappa shape index (κ1) is 14.9. The summed E-state index contributed by atoms with van der Waals surface area (Å²) in [7, 11) is 3.02. The fraction of sp³-hybridized carbons (Fsp3) is 0.889. The number of carbonyl (C=O) groups is 1. The number of ether oxygens (including phenoxy) is 2. The van der Waals surface area contributed by atoms with E-state index in [1.165, 1.54) is 14.0 Å². The lowest BCUT2D eigenvalue weighted by atomic mass is 10.0. The van der Waals surface area contributed by atoms with Crippen LogP contribution in [-0.2, 0) is 14.3 Å². The van der Waals surface area contributed by atoms with Crippen LogP contribution < -0.4 is 5.73 Å². The first-order valence-corrected chi connectivity index (χ1v) is 4.13. The van der Waals surface area contributed by atoms with Crippen LogP contribution in [-0.4, -0.2) is 31.8 Å². The summed E-state index contributed by atoms with van der Waals surface area (Å²) in [6, 6.07) is 0.0903. The highest BCUT2D eigenvalue weighted by atomic mass is 16.5. The van der Waals surface area contributed by atoms with Gasteiger partial charge in [-0.25, -0.2) is 0 Å². The summed E-state index contributed by atoms with van der Waals surface area (Å²) in [4.78, 5) is 9.59. The van der Waals surface area contributed by atoms with Crippen LogP contribution in [0.2, 0.25) is 0 Å². The summed E-state index contributed by atoms with van der Waals surface area (Å²) in [6.45, 7) is 7.23. The van der Waals surface area contributed by atoms with E-state index >= 15 is 0 Å². The van der Waals surface area contributed by atoms with Crippen molar-refractivity contribution in [2.75, 3.05) is 14.2 Å². The van der Waals surface area contributed by atoms with Crippen molar-refractivity contribution in [3.8, 4) is 0 Å². The second kappa shape index (κ2) is 6.86. The number of nitrogens with two attached hydrogens (primary N) is 1. The molecule has 1 atom stereocenters. The third-order valence-corrected chi connectivity index (χ3v) is 1.91. The van der Waals surface area contributed by atoms with E-state index < -0.39 is 0 Å². The van der Waals surface area contributed by atoms with Gasteiger partial charge in [0.15, 0.2) is 0 Å². The second-order valence-electron chi connectivity index (χ2n) is 3.29. The molecule has 80 valence electrons. The molecule has 0 fully saturated rings. The lowest BCUT2D eigenvalue weighted by Gasteiger charge is -2.26. The summed E-state index contributed by atoms with van der Waals surface area (Å²) in [6.07, 6.45) is 0. The summed E-state index contributed by atoms with van der Waals surface area (Å²) in [5.74, 6) is -0.245. The van der Waals surface area contributed by atoms with Crippen molar-refractivity contribution in [2.45, 2.75) is 39.3 Å². The molecule has 0 aliphatic carbocycles. The van der Waals surface area contributed by atoms with Gasteiger partial charge in [-0.1, -0.05) is 0 Å². The van der Waals surface area contributed by atoms with E-state index in [0.717, 1.165) is 0 Å². The fourth-order valence-electron chi connectivity index (χ4n) is 0.186. The number of rotatable bonds is 2. The van der Waals surface area contributed by atoms with Gasteiger partial charge in [-0.2, -0.15) is 0 Å². The van der Waals surface area contributed by atoms with E-state index in [2.05, 4.69) is 4.74 Å². The molecule has 0 saturated carbocycles. The van der Waals surface area contributed by atoms with Crippen LogP contribution in [0.4, 0.5) is 0 Å². The Kier molecular flexibility index (Phi) is 7.85. The minimum Gasteiger partial charge on any atom is -0.469 e. The highest BCUT2D eigenvalue weighted by Gasteiger charge is 2.20. The first-order valence-electron chi connectivity index (χ1n) is 4.13. The molecular formula is C9H21NO3. The Morgan fingerprint density at radius 1 is 1.38 bits per heavy atom. The van der Waals surface area contributed by atoms with Gasteiger partial charge in [-0.15, -0.1) is 0 Å². The van der Waals surface area contributed by atoms with E-state index in [1.54, 1.807) is 7.11 Å². The van der Waals surface area contributed by atoms with Gasteiger partial charge in [0.1, 0.15) is 0 Å². The first-order chi connectivity index (χ1) is 5.77. The molecule has 0 rings (SSSR count). The third kappa shape index (κ3) is 9.30. The molecule has 0 aliphatic heterocycles. The van der Waals surface area contributed by atoms with Crippen LogP contribution >= 0.6 is 0 Å². The quantitative estimate of drug-likeness (QED) is 0.660. The molecule has 0 radical (unpaired) electrons. The molecule has 0 amide bonds. The van der Waals surface area contributed by atoms with Crippen molar-refractivity contribution in [2.24, 2.45) is 5.73 Å². The average Bonchev–Trinajstić information content (AvgIpc) is 2.05. The zero-order chi connectivity index (χ0) is 11.1. The molecule has 0 saturated heterocycles. The second-order valence-corrected chi connectivity index (χ2v) is 3.29. The van der Waals surface area contributed by atoms with Crippen molar-refractivity contribution in [3.63, 3.8) is 0 Å². The number of hydrogen-bond acceptors (Lipinski definition) is 4. The Morgan fingerprint density at radius 2 is 1.69 bits per heavy atom. The minimum absolute atomic E-state index is 0.0903. The maximum absolute atomic E-state index is 9.59. The van der Waals surface area contributed by atoms with E-state index in [9.17, 15) is 4.79 Å². The molecule has 0 heterocycles. The highest BCUT2D eigenvalue weighted by molar-refractivity contribution is 5.65. The van der Waals surface area contributed by atoms with Gasteiger partial charge in [-0.3, -0.25) is 4.79 Å². The van der Waals surface area contributed by atoms with Gasteiger partial charge in [0.25, 0.3) is 0 Å². The molecule has 4 heteroatoms. The average molecular weight is 191 g/mol. The summed E-state index contributed by atoms with van der Waals surface area (Å²) in [5.41, 5.74) is 5.38. The molecule has 0 aliphatic rings. The van der Waals surface area contributed by atoms with Gasteiger partial charge in [0, 0.05) is 20.1 Å². The molecule has 2 N–H and O–H groups in total. The Balaban J connectivity index is 0. The standard InChI is InChI=1S/C6H15NO.C3H6O2/c1-5(7)6(2,3)8-4;1-3(4)5-2/h5H,7H2,1-4H3;1-2H3. The summed E-state index contributed by atoms with van der Waals surface area (Å²) in [5, 5.41) is 0. The van der Waals surface area contributed by atoms with Gasteiger partial charge in [0.05, 0.1) is 12.7 Å². The largest absolute Gasteiger partial charge is 0.469 e. The lowest BCUT2D eigenvalue weighted by molar-refractivity contribution is -0.137. The Labute approximate surface area is 80.4 Å². The third-order valence-electron chi connectivity index (χ3n) is 1.91. The van der Waals surface area contributed by atoms with Crippen LogP contribution in [0.25, 0.3) is 0 Å². The molecule has 0 aromatic carbocycles. The van der Waals surface area contributed by atoms with E-state index in [-0.39, 0.29) is 17.6 Å². The van der Waals surface area contributed by atoms with Crippen LogP contribution in [0.15, 0.2) is 0 Å². The number of methoxy groups -OCH3 is 2.